The summed E-state index contributed by atoms with van der Waals surface area (Å²) in [6.45, 7) is 0.248. The molecule has 0 bridgehead atoms. The fraction of sp³-hybridized carbons (Fsp3) is 0.391. The van der Waals surface area contributed by atoms with E-state index in [0.717, 1.165) is 18.4 Å². The summed E-state index contributed by atoms with van der Waals surface area (Å²) in [6.07, 6.45) is 1.65. The van der Waals surface area contributed by atoms with Gasteiger partial charge in [-0.05, 0) is 43.2 Å². The normalized spacial score (nSPS) is 15.2. The number of amides is 2. The number of likely N-dealkylation sites (tertiary alicyclic amines) is 1. The molecule has 2 aromatic carbocycles. The first kappa shape index (κ1) is 23.1. The van der Waals surface area contributed by atoms with Crippen molar-refractivity contribution in [2.24, 2.45) is 5.73 Å². The molecule has 172 valence electrons. The van der Waals surface area contributed by atoms with Crippen molar-refractivity contribution in [3.05, 3.63) is 41.5 Å². The molecule has 0 unspecified atom stereocenters. The maximum absolute atomic E-state index is 13.5. The summed E-state index contributed by atoms with van der Waals surface area (Å²) >= 11 is 0. The molecular formula is C23H28N2O7. The molecule has 1 atom stereocenters. The Balaban J connectivity index is 1.97. The fourth-order valence-corrected chi connectivity index (χ4v) is 3.89. The summed E-state index contributed by atoms with van der Waals surface area (Å²) in [5.41, 5.74) is 6.43. The summed E-state index contributed by atoms with van der Waals surface area (Å²) < 4.78 is 27.1. The number of carbonyl (C=O) groups is 2. The monoisotopic (exact) mass is 444 g/mol. The van der Waals surface area contributed by atoms with Crippen molar-refractivity contribution in [2.75, 3.05) is 41.6 Å². The second-order valence-corrected chi connectivity index (χ2v) is 7.23. The van der Waals surface area contributed by atoms with Crippen LogP contribution >= 0.6 is 0 Å². The summed E-state index contributed by atoms with van der Waals surface area (Å²) in [5.74, 6) is 1.31. The lowest BCUT2D eigenvalue weighted by molar-refractivity contribution is -0.120. The first-order valence-electron chi connectivity index (χ1n) is 10.1. The van der Waals surface area contributed by atoms with Crippen LogP contribution in [0.1, 0.15) is 34.8 Å². The molecule has 1 heterocycles. The van der Waals surface area contributed by atoms with E-state index in [4.69, 9.17) is 29.4 Å². The zero-order chi connectivity index (χ0) is 23.3. The van der Waals surface area contributed by atoms with E-state index in [2.05, 4.69) is 0 Å². The van der Waals surface area contributed by atoms with Crippen LogP contribution in [0.3, 0.4) is 0 Å². The maximum Gasteiger partial charge on any atom is 0.255 e. The van der Waals surface area contributed by atoms with Gasteiger partial charge in [-0.15, -0.1) is 0 Å². The molecule has 32 heavy (non-hydrogen) atoms. The molecule has 0 spiro atoms. The second-order valence-electron chi connectivity index (χ2n) is 7.23. The van der Waals surface area contributed by atoms with Gasteiger partial charge in [0.1, 0.15) is 11.5 Å². The molecule has 0 aromatic heterocycles. The molecule has 2 N–H and O–H groups in total. The highest BCUT2D eigenvalue weighted by Gasteiger charge is 2.33. The van der Waals surface area contributed by atoms with E-state index < -0.39 is 5.91 Å². The van der Waals surface area contributed by atoms with Gasteiger partial charge in [0, 0.05) is 17.7 Å². The van der Waals surface area contributed by atoms with Gasteiger partial charge in [0.25, 0.3) is 11.8 Å². The van der Waals surface area contributed by atoms with Crippen LogP contribution in [0.4, 0.5) is 0 Å². The van der Waals surface area contributed by atoms with E-state index in [1.807, 2.05) is 18.2 Å². The topological polar surface area (TPSA) is 110 Å². The molecule has 2 amide bonds. The number of nitrogens with two attached hydrogens (primary N) is 1. The van der Waals surface area contributed by atoms with Crippen LogP contribution in [0.15, 0.2) is 30.3 Å². The molecule has 9 nitrogen and oxygen atoms in total. The number of methoxy groups -OCH3 is 4. The number of carbonyl (C=O) groups excluding carboxylic acids is 2. The largest absolute Gasteiger partial charge is 0.497 e. The third-order valence-electron chi connectivity index (χ3n) is 5.38. The SMILES string of the molecule is COc1ccc(OC)c([C@@H]2CCCN2C(=O)c2cc(OC)c(OCC(N)=O)c(OC)c2)c1. The molecule has 1 aliphatic heterocycles. The van der Waals surface area contributed by atoms with E-state index in [0.29, 0.717) is 23.6 Å². The highest BCUT2D eigenvalue weighted by atomic mass is 16.5. The number of hydrogen-bond donors (Lipinski definition) is 1. The lowest BCUT2D eigenvalue weighted by Gasteiger charge is -2.27. The second kappa shape index (κ2) is 10.1. The highest BCUT2D eigenvalue weighted by molar-refractivity contribution is 5.96. The average molecular weight is 444 g/mol. The minimum absolute atomic E-state index is 0.171. The van der Waals surface area contributed by atoms with Crippen molar-refractivity contribution in [3.8, 4) is 28.7 Å². The zero-order valence-electron chi connectivity index (χ0n) is 18.7. The summed E-state index contributed by atoms with van der Waals surface area (Å²) in [6, 6.07) is 8.53. The number of nitrogens with zero attached hydrogens (tertiary/aromatic N) is 1. The predicted molar refractivity (Wildman–Crippen MR) is 117 cm³/mol. The van der Waals surface area contributed by atoms with Gasteiger partial charge in [-0.25, -0.2) is 0 Å². The summed E-state index contributed by atoms with van der Waals surface area (Å²) in [5, 5.41) is 0. The van der Waals surface area contributed by atoms with Crippen LogP contribution in [-0.4, -0.2) is 58.3 Å². The van der Waals surface area contributed by atoms with Gasteiger partial charge in [0.05, 0.1) is 34.5 Å². The quantitative estimate of drug-likeness (QED) is 0.633. The van der Waals surface area contributed by atoms with Crippen LogP contribution in [-0.2, 0) is 4.79 Å². The molecule has 3 rings (SSSR count). The average Bonchev–Trinajstić information content (AvgIpc) is 3.30. The summed E-state index contributed by atoms with van der Waals surface area (Å²) in [7, 11) is 6.09. The standard InChI is InChI=1S/C23H28N2O7/c1-28-15-7-8-18(29-2)16(12-15)17-6-5-9-25(17)23(27)14-10-19(30-3)22(20(11-14)31-4)32-13-21(24)26/h7-8,10-12,17H,5-6,9,13H2,1-4H3,(H2,24,26)/t17-/m0/s1. The molecule has 0 aliphatic carbocycles. The van der Waals surface area contributed by atoms with Crippen molar-refractivity contribution in [2.45, 2.75) is 18.9 Å². The molecule has 1 aliphatic rings. The minimum atomic E-state index is -0.638. The van der Waals surface area contributed by atoms with Crippen LogP contribution in [0.25, 0.3) is 0 Å². The Kier molecular flexibility index (Phi) is 7.29. The molecule has 9 heteroatoms. The third-order valence-corrected chi connectivity index (χ3v) is 5.38. The van der Waals surface area contributed by atoms with Gasteiger partial charge in [-0.3, -0.25) is 9.59 Å². The van der Waals surface area contributed by atoms with Crippen LogP contribution in [0.5, 0.6) is 28.7 Å². The lowest BCUT2D eigenvalue weighted by Crippen LogP contribution is -2.31. The van der Waals surface area contributed by atoms with E-state index in [1.165, 1.54) is 14.2 Å². The highest BCUT2D eigenvalue weighted by Crippen LogP contribution is 2.42. The van der Waals surface area contributed by atoms with Gasteiger partial charge in [-0.1, -0.05) is 0 Å². The van der Waals surface area contributed by atoms with Crippen molar-refractivity contribution in [1.29, 1.82) is 0 Å². The molecule has 1 fully saturated rings. The zero-order valence-corrected chi connectivity index (χ0v) is 18.7. The predicted octanol–water partition coefficient (Wildman–Crippen LogP) is 2.56. The Morgan fingerprint density at radius 3 is 2.19 bits per heavy atom. The number of primary amides is 1. The fourth-order valence-electron chi connectivity index (χ4n) is 3.89. The van der Waals surface area contributed by atoms with Gasteiger partial charge in [0.2, 0.25) is 5.75 Å². The van der Waals surface area contributed by atoms with Crippen molar-refractivity contribution in [1.82, 2.24) is 4.90 Å². The van der Waals surface area contributed by atoms with Gasteiger partial charge in [0.15, 0.2) is 18.1 Å². The van der Waals surface area contributed by atoms with E-state index in [-0.39, 0.29) is 35.8 Å². The smallest absolute Gasteiger partial charge is 0.255 e. The Morgan fingerprint density at radius 2 is 1.62 bits per heavy atom. The van der Waals surface area contributed by atoms with Crippen molar-refractivity contribution in [3.63, 3.8) is 0 Å². The van der Waals surface area contributed by atoms with E-state index in [1.54, 1.807) is 31.3 Å². The van der Waals surface area contributed by atoms with Gasteiger partial charge in [-0.2, -0.15) is 0 Å². The number of benzene rings is 2. The first-order valence-corrected chi connectivity index (χ1v) is 10.1. The molecule has 1 saturated heterocycles. The number of hydrogen-bond acceptors (Lipinski definition) is 7. The van der Waals surface area contributed by atoms with E-state index in [9.17, 15) is 9.59 Å². The Bertz CT molecular complexity index is 967. The van der Waals surface area contributed by atoms with Gasteiger partial charge >= 0.3 is 0 Å². The molecule has 2 aromatic rings. The number of ether oxygens (including phenoxy) is 5. The van der Waals surface area contributed by atoms with Gasteiger partial charge < -0.3 is 34.3 Å². The van der Waals surface area contributed by atoms with Crippen molar-refractivity contribution < 1.29 is 33.3 Å². The van der Waals surface area contributed by atoms with Crippen LogP contribution < -0.4 is 29.4 Å². The number of rotatable bonds is 9. The molecule has 0 radical (unpaired) electrons. The third kappa shape index (κ3) is 4.66. The Labute approximate surface area is 186 Å². The molecular weight excluding hydrogens is 416 g/mol. The van der Waals surface area contributed by atoms with Crippen LogP contribution in [0, 0.1) is 0 Å². The van der Waals surface area contributed by atoms with E-state index >= 15 is 0 Å². The maximum atomic E-state index is 13.5. The molecule has 0 saturated carbocycles. The lowest BCUT2D eigenvalue weighted by atomic mass is 10.0. The summed E-state index contributed by atoms with van der Waals surface area (Å²) in [4.78, 5) is 26.5. The van der Waals surface area contributed by atoms with Crippen LogP contribution in [0.2, 0.25) is 0 Å². The minimum Gasteiger partial charge on any atom is -0.497 e. The Hall–Kier alpha value is -3.62. The Morgan fingerprint density at radius 1 is 0.969 bits per heavy atom. The first-order chi connectivity index (χ1) is 15.4. The van der Waals surface area contributed by atoms with Crippen molar-refractivity contribution >= 4 is 11.8 Å².